The number of fused-ring (bicyclic) bond motifs is 1. The van der Waals surface area contributed by atoms with Gasteiger partial charge in [-0.15, -0.1) is 0 Å². The second kappa shape index (κ2) is 8.07. The van der Waals surface area contributed by atoms with Crippen LogP contribution >= 0.6 is 0 Å². The third kappa shape index (κ3) is 3.85. The van der Waals surface area contributed by atoms with E-state index in [0.717, 1.165) is 38.5 Å². The number of aryl methyl sites for hydroxylation is 1. The van der Waals surface area contributed by atoms with Gasteiger partial charge < -0.3 is 14.8 Å². The molecule has 2 aliphatic carbocycles. The van der Waals surface area contributed by atoms with Crippen LogP contribution in [0, 0.1) is 5.92 Å². The number of rotatable bonds is 5. The highest BCUT2D eigenvalue weighted by Gasteiger charge is 2.46. The molecule has 1 spiro atoms. The normalized spacial score (nSPS) is 28.8. The maximum absolute atomic E-state index is 11.5. The van der Waals surface area contributed by atoms with E-state index >= 15 is 0 Å². The van der Waals surface area contributed by atoms with E-state index in [0.29, 0.717) is 18.4 Å². The molecule has 1 N–H and O–H groups in total. The van der Waals surface area contributed by atoms with E-state index in [2.05, 4.69) is 53.8 Å². The molecule has 2 fully saturated rings. The van der Waals surface area contributed by atoms with Crippen LogP contribution in [0.2, 0.25) is 0 Å². The van der Waals surface area contributed by atoms with Crippen molar-refractivity contribution in [1.82, 2.24) is 5.32 Å². The summed E-state index contributed by atoms with van der Waals surface area (Å²) in [5.74, 6) is 1.08. The Labute approximate surface area is 179 Å². The summed E-state index contributed by atoms with van der Waals surface area (Å²) in [6.07, 6.45) is 7.51. The number of nitrogens with one attached hydrogen (secondary N) is 1. The Kier molecular flexibility index (Phi) is 5.28. The van der Waals surface area contributed by atoms with E-state index in [1.807, 2.05) is 7.11 Å². The minimum atomic E-state index is -0.254. The van der Waals surface area contributed by atoms with Crippen LogP contribution in [0.5, 0.6) is 0 Å². The van der Waals surface area contributed by atoms with Crippen LogP contribution in [0.1, 0.15) is 53.9 Å². The monoisotopic (exact) mass is 405 g/mol. The molecular formula is C26H31NO3. The zero-order valence-electron chi connectivity index (χ0n) is 17.7. The van der Waals surface area contributed by atoms with Crippen LogP contribution in [0.4, 0.5) is 4.79 Å². The van der Waals surface area contributed by atoms with Crippen molar-refractivity contribution in [3.8, 4) is 0 Å². The summed E-state index contributed by atoms with van der Waals surface area (Å²) < 4.78 is 11.1. The van der Waals surface area contributed by atoms with Crippen LogP contribution in [0.15, 0.2) is 48.5 Å². The minimum absolute atomic E-state index is 0.133. The molecule has 0 bridgehead atoms. The van der Waals surface area contributed by atoms with Crippen LogP contribution < -0.4 is 5.32 Å². The largest absolute Gasteiger partial charge is 0.447 e. The van der Waals surface area contributed by atoms with Crippen molar-refractivity contribution >= 4 is 6.09 Å². The predicted octanol–water partition coefficient (Wildman–Crippen LogP) is 4.80. The summed E-state index contributed by atoms with van der Waals surface area (Å²) in [5.41, 5.74) is 5.63. The first kappa shape index (κ1) is 19.6. The van der Waals surface area contributed by atoms with Crippen LogP contribution in [0.25, 0.3) is 0 Å². The molecule has 1 aliphatic heterocycles. The lowest BCUT2D eigenvalue weighted by Crippen LogP contribution is -2.40. The molecule has 0 aromatic heterocycles. The van der Waals surface area contributed by atoms with E-state index < -0.39 is 0 Å². The maximum atomic E-state index is 11.5. The van der Waals surface area contributed by atoms with Crippen LogP contribution in [-0.2, 0) is 28.7 Å². The maximum Gasteiger partial charge on any atom is 0.407 e. The van der Waals surface area contributed by atoms with Gasteiger partial charge in [-0.1, -0.05) is 48.5 Å². The quantitative estimate of drug-likeness (QED) is 0.778. The van der Waals surface area contributed by atoms with Gasteiger partial charge in [0, 0.05) is 7.11 Å². The van der Waals surface area contributed by atoms with Gasteiger partial charge in [-0.05, 0) is 79.0 Å². The van der Waals surface area contributed by atoms with Gasteiger partial charge in [-0.25, -0.2) is 4.79 Å². The second-order valence-electron chi connectivity index (χ2n) is 9.42. The Bertz CT molecular complexity index is 912. The SMILES string of the molecule is COC(Cc1ccccc1)C1CCc2cc([C@H]3CC[C@]4(COC(=O)N4)C3)ccc2C1. The van der Waals surface area contributed by atoms with E-state index in [9.17, 15) is 4.79 Å². The number of carbonyl (C=O) groups is 1. The van der Waals surface area contributed by atoms with Gasteiger partial charge >= 0.3 is 6.09 Å². The van der Waals surface area contributed by atoms with Crippen molar-refractivity contribution in [2.75, 3.05) is 13.7 Å². The molecule has 5 rings (SSSR count). The lowest BCUT2D eigenvalue weighted by molar-refractivity contribution is 0.0466. The Morgan fingerprint density at radius 3 is 2.80 bits per heavy atom. The first-order chi connectivity index (χ1) is 14.6. The summed E-state index contributed by atoms with van der Waals surface area (Å²) in [5, 5.41) is 3.06. The van der Waals surface area contributed by atoms with Crippen molar-refractivity contribution in [2.45, 2.75) is 62.5 Å². The summed E-state index contributed by atoms with van der Waals surface area (Å²) in [4.78, 5) is 11.5. The molecule has 4 atom stereocenters. The molecule has 2 aromatic rings. The van der Waals surface area contributed by atoms with Crippen molar-refractivity contribution in [3.05, 3.63) is 70.8 Å². The van der Waals surface area contributed by atoms with Crippen molar-refractivity contribution < 1.29 is 14.3 Å². The fourth-order valence-corrected chi connectivity index (χ4v) is 5.81. The topological polar surface area (TPSA) is 47.6 Å². The lowest BCUT2D eigenvalue weighted by atomic mass is 9.78. The number of methoxy groups -OCH3 is 1. The lowest BCUT2D eigenvalue weighted by Gasteiger charge is -2.31. The molecule has 2 aromatic carbocycles. The van der Waals surface area contributed by atoms with E-state index in [1.165, 1.54) is 28.7 Å². The Morgan fingerprint density at radius 1 is 1.17 bits per heavy atom. The number of amides is 1. The van der Waals surface area contributed by atoms with Gasteiger partial charge in [0.15, 0.2) is 0 Å². The highest BCUT2D eigenvalue weighted by atomic mass is 16.6. The fraction of sp³-hybridized carbons (Fsp3) is 0.500. The third-order valence-electron chi connectivity index (χ3n) is 7.53. The Hall–Kier alpha value is -2.33. The molecule has 2 unspecified atom stereocenters. The Morgan fingerprint density at radius 2 is 2.03 bits per heavy atom. The summed E-state index contributed by atoms with van der Waals surface area (Å²) in [7, 11) is 1.85. The van der Waals surface area contributed by atoms with E-state index in [1.54, 1.807) is 0 Å². The van der Waals surface area contributed by atoms with E-state index in [4.69, 9.17) is 9.47 Å². The molecule has 0 radical (unpaired) electrons. The van der Waals surface area contributed by atoms with Gasteiger partial charge in [0.05, 0.1) is 11.6 Å². The number of alkyl carbamates (subject to hydrolysis) is 1. The molecule has 1 saturated heterocycles. The summed E-state index contributed by atoms with van der Waals surface area (Å²) >= 11 is 0. The van der Waals surface area contributed by atoms with Gasteiger partial charge in [0.25, 0.3) is 0 Å². The second-order valence-corrected chi connectivity index (χ2v) is 9.42. The zero-order chi connectivity index (χ0) is 20.6. The highest BCUT2D eigenvalue weighted by molar-refractivity contribution is 5.70. The fourth-order valence-electron chi connectivity index (χ4n) is 5.81. The molecule has 30 heavy (non-hydrogen) atoms. The molecule has 4 nitrogen and oxygen atoms in total. The number of hydrogen-bond donors (Lipinski definition) is 1. The van der Waals surface area contributed by atoms with Gasteiger partial charge in [0.2, 0.25) is 0 Å². The number of benzene rings is 2. The molecule has 4 heteroatoms. The molecule has 1 amide bonds. The first-order valence-electron chi connectivity index (χ1n) is 11.3. The van der Waals surface area contributed by atoms with Gasteiger partial charge in [-0.3, -0.25) is 0 Å². The molecule has 158 valence electrons. The average Bonchev–Trinajstić information content (AvgIpc) is 3.37. The average molecular weight is 406 g/mol. The Balaban J connectivity index is 1.26. The minimum Gasteiger partial charge on any atom is -0.447 e. The van der Waals surface area contributed by atoms with Crippen LogP contribution in [-0.4, -0.2) is 31.5 Å². The molecule has 1 saturated carbocycles. The van der Waals surface area contributed by atoms with Gasteiger partial charge in [0.1, 0.15) is 6.61 Å². The number of cyclic esters (lactones) is 1. The van der Waals surface area contributed by atoms with Gasteiger partial charge in [-0.2, -0.15) is 0 Å². The number of hydrogen-bond acceptors (Lipinski definition) is 3. The molecule has 3 aliphatic rings. The zero-order valence-corrected chi connectivity index (χ0v) is 17.7. The summed E-state index contributed by atoms with van der Waals surface area (Å²) in [6, 6.07) is 17.8. The molecular weight excluding hydrogens is 374 g/mol. The predicted molar refractivity (Wildman–Crippen MR) is 117 cm³/mol. The smallest absolute Gasteiger partial charge is 0.407 e. The number of carbonyl (C=O) groups excluding carboxylic acids is 1. The van der Waals surface area contributed by atoms with E-state index in [-0.39, 0.29) is 17.7 Å². The first-order valence-corrected chi connectivity index (χ1v) is 11.3. The van der Waals surface area contributed by atoms with Crippen molar-refractivity contribution in [2.24, 2.45) is 5.92 Å². The standard InChI is InChI=1S/C26H31NO3/c1-29-24(13-18-5-3-2-4-6-18)22-10-9-19-14-21(8-7-20(19)15-22)23-11-12-26(16-23)17-30-25(28)27-26/h2-8,14,22-24H,9-13,15-17H2,1H3,(H,27,28)/t22?,23-,24?,26+/m0/s1. The number of ether oxygens (including phenoxy) is 2. The highest BCUT2D eigenvalue weighted by Crippen LogP contribution is 2.43. The molecule has 1 heterocycles. The van der Waals surface area contributed by atoms with Crippen molar-refractivity contribution in [1.29, 1.82) is 0 Å². The van der Waals surface area contributed by atoms with Crippen molar-refractivity contribution in [3.63, 3.8) is 0 Å². The van der Waals surface area contributed by atoms with Crippen LogP contribution in [0.3, 0.4) is 0 Å². The third-order valence-corrected chi connectivity index (χ3v) is 7.53. The summed E-state index contributed by atoms with van der Waals surface area (Å²) in [6.45, 7) is 0.523.